The van der Waals surface area contributed by atoms with Gasteiger partial charge in [-0.05, 0) is 61.9 Å². The molecule has 0 aliphatic heterocycles. The Morgan fingerprint density at radius 2 is 1.73 bits per heavy atom. The van der Waals surface area contributed by atoms with Crippen LogP contribution in [-0.4, -0.2) is 20.7 Å². The first-order chi connectivity index (χ1) is 15.9. The number of aryl methyl sites for hydroxylation is 1. The molecule has 1 amide bonds. The van der Waals surface area contributed by atoms with Gasteiger partial charge in [-0.3, -0.25) is 9.36 Å². The molecule has 1 unspecified atom stereocenters. The van der Waals surface area contributed by atoms with E-state index in [9.17, 15) is 13.6 Å². The minimum Gasteiger partial charge on any atom is -0.342 e. The minimum atomic E-state index is -0.491. The van der Waals surface area contributed by atoms with Gasteiger partial charge in [0.2, 0.25) is 0 Å². The predicted molar refractivity (Wildman–Crippen MR) is 124 cm³/mol. The van der Waals surface area contributed by atoms with Crippen LogP contribution in [0.25, 0.3) is 5.69 Å². The van der Waals surface area contributed by atoms with E-state index in [1.165, 1.54) is 42.1 Å². The van der Waals surface area contributed by atoms with Gasteiger partial charge in [0.1, 0.15) is 11.6 Å². The first kappa shape index (κ1) is 22.7. The minimum absolute atomic E-state index is 0.231. The van der Waals surface area contributed by atoms with Gasteiger partial charge in [0.15, 0.2) is 11.0 Å². The molecule has 1 N–H and O–H groups in total. The molecule has 4 rings (SSSR count). The fraction of sp³-hybridized carbons (Fsp3) is 0.160. The van der Waals surface area contributed by atoms with E-state index in [-0.39, 0.29) is 11.4 Å². The Kier molecular flexibility index (Phi) is 6.84. The van der Waals surface area contributed by atoms with Gasteiger partial charge in [-0.15, -0.1) is 10.2 Å². The lowest BCUT2D eigenvalue weighted by Gasteiger charge is -2.16. The largest absolute Gasteiger partial charge is 0.342 e. The molecular weight excluding hydrogens is 442 g/mol. The van der Waals surface area contributed by atoms with Gasteiger partial charge in [0.05, 0.1) is 6.04 Å². The van der Waals surface area contributed by atoms with Gasteiger partial charge in [0.25, 0.3) is 5.91 Å². The van der Waals surface area contributed by atoms with Crippen molar-refractivity contribution in [2.45, 2.75) is 30.8 Å². The topological polar surface area (TPSA) is 59.8 Å². The normalized spacial score (nSPS) is 11.9. The summed E-state index contributed by atoms with van der Waals surface area (Å²) in [6, 6.07) is 19.3. The Bertz CT molecular complexity index is 1260. The number of amides is 1. The monoisotopic (exact) mass is 464 g/mol. The van der Waals surface area contributed by atoms with E-state index in [1.807, 2.05) is 35.8 Å². The standard InChI is InChI=1S/C25H22F2N4OS/c1-16-6-12-22(13-7-16)31-23(17(2)28-24(32)19-4-3-5-21(27)14-19)29-30-25(31)33-15-18-8-10-20(26)11-9-18/h3-14,17H,15H2,1-2H3,(H,28,32). The molecule has 1 aromatic heterocycles. The van der Waals surface area contributed by atoms with E-state index < -0.39 is 17.8 Å². The molecule has 0 saturated heterocycles. The highest BCUT2D eigenvalue weighted by Crippen LogP contribution is 2.28. The highest BCUT2D eigenvalue weighted by molar-refractivity contribution is 7.98. The molecule has 33 heavy (non-hydrogen) atoms. The van der Waals surface area contributed by atoms with Crippen LogP contribution < -0.4 is 5.32 Å². The maximum atomic E-state index is 13.5. The fourth-order valence-electron chi connectivity index (χ4n) is 3.29. The third kappa shape index (κ3) is 5.46. The number of carbonyl (C=O) groups excluding carboxylic acids is 1. The summed E-state index contributed by atoms with van der Waals surface area (Å²) in [7, 11) is 0. The second-order valence-electron chi connectivity index (χ2n) is 7.63. The predicted octanol–water partition coefficient (Wildman–Crippen LogP) is 5.64. The van der Waals surface area contributed by atoms with E-state index in [2.05, 4.69) is 15.5 Å². The van der Waals surface area contributed by atoms with E-state index in [4.69, 9.17) is 0 Å². The fourth-order valence-corrected chi connectivity index (χ4v) is 4.21. The molecule has 3 aromatic carbocycles. The van der Waals surface area contributed by atoms with Crippen LogP contribution in [0.1, 0.15) is 40.3 Å². The van der Waals surface area contributed by atoms with Crippen molar-refractivity contribution >= 4 is 17.7 Å². The Morgan fingerprint density at radius 1 is 1.00 bits per heavy atom. The third-order valence-corrected chi connectivity index (χ3v) is 6.05. The first-order valence-corrected chi connectivity index (χ1v) is 11.4. The van der Waals surface area contributed by atoms with Crippen molar-refractivity contribution in [1.82, 2.24) is 20.1 Å². The highest BCUT2D eigenvalue weighted by Gasteiger charge is 2.22. The number of nitrogens with zero attached hydrogens (tertiary/aromatic N) is 3. The molecule has 1 atom stereocenters. The average molecular weight is 465 g/mol. The Labute approximate surface area is 194 Å². The van der Waals surface area contributed by atoms with Crippen molar-refractivity contribution in [3.63, 3.8) is 0 Å². The summed E-state index contributed by atoms with van der Waals surface area (Å²) in [5, 5.41) is 12.2. The van der Waals surface area contributed by atoms with Crippen molar-refractivity contribution in [1.29, 1.82) is 0 Å². The molecule has 0 fully saturated rings. The molecule has 0 saturated carbocycles. The molecule has 0 aliphatic carbocycles. The van der Waals surface area contributed by atoms with Crippen LogP contribution in [0.15, 0.2) is 78.0 Å². The second-order valence-corrected chi connectivity index (χ2v) is 8.57. The van der Waals surface area contributed by atoms with Gasteiger partial charge in [-0.2, -0.15) is 0 Å². The molecule has 4 aromatic rings. The quantitative estimate of drug-likeness (QED) is 0.360. The molecule has 0 bridgehead atoms. The lowest BCUT2D eigenvalue weighted by Crippen LogP contribution is -2.28. The zero-order valence-electron chi connectivity index (χ0n) is 18.1. The number of carbonyl (C=O) groups is 1. The summed E-state index contributed by atoms with van der Waals surface area (Å²) < 4.78 is 28.6. The summed E-state index contributed by atoms with van der Waals surface area (Å²) in [4.78, 5) is 12.6. The lowest BCUT2D eigenvalue weighted by atomic mass is 10.2. The zero-order valence-corrected chi connectivity index (χ0v) is 18.9. The van der Waals surface area contributed by atoms with Crippen molar-refractivity contribution in [2.24, 2.45) is 0 Å². The van der Waals surface area contributed by atoms with Crippen molar-refractivity contribution in [2.75, 3.05) is 0 Å². The molecule has 1 heterocycles. The van der Waals surface area contributed by atoms with Crippen LogP contribution in [0.2, 0.25) is 0 Å². The van der Waals surface area contributed by atoms with Gasteiger partial charge >= 0.3 is 0 Å². The Morgan fingerprint density at radius 3 is 2.42 bits per heavy atom. The number of hydrogen-bond donors (Lipinski definition) is 1. The van der Waals surface area contributed by atoms with Crippen LogP contribution in [-0.2, 0) is 5.75 Å². The average Bonchev–Trinajstić information content (AvgIpc) is 3.23. The maximum absolute atomic E-state index is 13.5. The number of halogens is 2. The summed E-state index contributed by atoms with van der Waals surface area (Å²) in [6.45, 7) is 3.81. The molecular formula is C25H22F2N4OS. The first-order valence-electron chi connectivity index (χ1n) is 10.4. The highest BCUT2D eigenvalue weighted by atomic mass is 32.2. The van der Waals surface area contributed by atoms with Gasteiger partial charge in [-0.1, -0.05) is 47.7 Å². The Balaban J connectivity index is 1.61. The van der Waals surface area contributed by atoms with Crippen LogP contribution in [0, 0.1) is 18.6 Å². The number of nitrogens with one attached hydrogen (secondary N) is 1. The van der Waals surface area contributed by atoms with Crippen molar-refractivity contribution in [3.8, 4) is 5.69 Å². The molecule has 0 radical (unpaired) electrons. The van der Waals surface area contributed by atoms with Gasteiger partial charge in [0, 0.05) is 17.0 Å². The molecule has 5 nitrogen and oxygen atoms in total. The van der Waals surface area contributed by atoms with Crippen LogP contribution in [0.3, 0.4) is 0 Å². The maximum Gasteiger partial charge on any atom is 0.251 e. The number of benzene rings is 3. The van der Waals surface area contributed by atoms with Crippen LogP contribution in [0.5, 0.6) is 0 Å². The summed E-state index contributed by atoms with van der Waals surface area (Å²) >= 11 is 1.47. The zero-order chi connectivity index (χ0) is 23.4. The van der Waals surface area contributed by atoms with E-state index in [0.717, 1.165) is 16.8 Å². The van der Waals surface area contributed by atoms with E-state index in [0.29, 0.717) is 16.7 Å². The summed E-state index contributed by atoms with van der Waals surface area (Å²) in [6.07, 6.45) is 0. The van der Waals surface area contributed by atoms with E-state index in [1.54, 1.807) is 25.1 Å². The lowest BCUT2D eigenvalue weighted by molar-refractivity contribution is 0.0937. The Hall–Kier alpha value is -3.52. The van der Waals surface area contributed by atoms with Gasteiger partial charge in [-0.25, -0.2) is 8.78 Å². The molecule has 0 aliphatic rings. The second kappa shape index (κ2) is 9.95. The smallest absolute Gasteiger partial charge is 0.251 e. The number of rotatable bonds is 7. The third-order valence-electron chi connectivity index (χ3n) is 5.05. The number of aromatic nitrogens is 3. The SMILES string of the molecule is Cc1ccc(-n2c(SCc3ccc(F)cc3)nnc2C(C)NC(=O)c2cccc(F)c2)cc1. The van der Waals surface area contributed by atoms with Gasteiger partial charge < -0.3 is 5.32 Å². The van der Waals surface area contributed by atoms with E-state index >= 15 is 0 Å². The summed E-state index contributed by atoms with van der Waals surface area (Å²) in [5.41, 5.74) is 3.15. The molecule has 8 heteroatoms. The number of thioether (sulfide) groups is 1. The van der Waals surface area contributed by atoms with Crippen molar-refractivity contribution in [3.05, 3.63) is 107 Å². The number of hydrogen-bond acceptors (Lipinski definition) is 4. The van der Waals surface area contributed by atoms with Crippen molar-refractivity contribution < 1.29 is 13.6 Å². The molecule has 0 spiro atoms. The molecule has 168 valence electrons. The van der Waals surface area contributed by atoms with Crippen LogP contribution in [0.4, 0.5) is 8.78 Å². The summed E-state index contributed by atoms with van der Waals surface area (Å²) in [5.74, 6) is -0.0330. The van der Waals surface area contributed by atoms with Crippen LogP contribution >= 0.6 is 11.8 Å².